The molecule has 1 aromatic rings. The molecule has 1 aromatic heterocycles. The first-order valence-electron chi connectivity index (χ1n) is 8.27. The van der Waals surface area contributed by atoms with Gasteiger partial charge in [-0.3, -0.25) is 4.98 Å². The Bertz CT molecular complexity index is 421. The third-order valence-corrected chi connectivity index (χ3v) is 4.40. The Morgan fingerprint density at radius 1 is 1.24 bits per heavy atom. The van der Waals surface area contributed by atoms with Crippen molar-refractivity contribution in [2.45, 2.75) is 50.4 Å². The molecule has 2 fully saturated rings. The largest absolute Gasteiger partial charge is 0.372 e. The quantitative estimate of drug-likeness (QED) is 0.792. The van der Waals surface area contributed by atoms with Crippen LogP contribution < -0.4 is 5.32 Å². The predicted molar refractivity (Wildman–Crippen MR) is 84.4 cm³/mol. The van der Waals surface area contributed by atoms with Gasteiger partial charge in [0.1, 0.15) is 0 Å². The molecule has 0 amide bonds. The fourth-order valence-corrected chi connectivity index (χ4v) is 2.94. The molecule has 0 bridgehead atoms. The van der Waals surface area contributed by atoms with E-state index in [1.165, 1.54) is 31.4 Å². The van der Waals surface area contributed by atoms with Gasteiger partial charge in [-0.2, -0.15) is 0 Å². The maximum absolute atomic E-state index is 6.14. The Morgan fingerprint density at radius 3 is 2.86 bits per heavy atom. The molecule has 116 valence electrons. The van der Waals surface area contributed by atoms with Gasteiger partial charge in [-0.15, -0.1) is 0 Å². The van der Waals surface area contributed by atoms with Gasteiger partial charge in [-0.05, 0) is 44.9 Å². The topological polar surface area (TPSA) is 37.4 Å². The van der Waals surface area contributed by atoms with Crippen molar-refractivity contribution in [3.63, 3.8) is 0 Å². The van der Waals surface area contributed by atoms with Crippen LogP contribution in [-0.2, 0) is 11.2 Å². The minimum atomic E-state index is 0.407. The molecule has 1 aliphatic heterocycles. The molecule has 4 nitrogen and oxygen atoms in total. The summed E-state index contributed by atoms with van der Waals surface area (Å²) in [7, 11) is 2.18. The number of likely N-dealkylation sites (N-methyl/N-ethyl adjacent to an activating group) is 1. The molecular formula is C17H27N3O. The van der Waals surface area contributed by atoms with Crippen LogP contribution in [0.25, 0.3) is 0 Å². The second-order valence-electron chi connectivity index (χ2n) is 6.47. The first kappa shape index (κ1) is 14.9. The first-order valence-corrected chi connectivity index (χ1v) is 8.27. The van der Waals surface area contributed by atoms with Crippen molar-refractivity contribution in [3.8, 4) is 0 Å². The van der Waals surface area contributed by atoms with E-state index in [1.54, 1.807) is 0 Å². The van der Waals surface area contributed by atoms with Gasteiger partial charge in [-0.25, -0.2) is 0 Å². The van der Waals surface area contributed by atoms with Crippen molar-refractivity contribution in [1.82, 2.24) is 15.2 Å². The molecule has 2 atom stereocenters. The van der Waals surface area contributed by atoms with Gasteiger partial charge in [0.2, 0.25) is 0 Å². The van der Waals surface area contributed by atoms with Crippen LogP contribution in [0, 0.1) is 0 Å². The molecule has 4 heteroatoms. The summed E-state index contributed by atoms with van der Waals surface area (Å²) in [5.74, 6) is 0. The minimum absolute atomic E-state index is 0.407. The third kappa shape index (κ3) is 5.06. The van der Waals surface area contributed by atoms with E-state index in [2.05, 4.69) is 34.4 Å². The summed E-state index contributed by atoms with van der Waals surface area (Å²) in [5.41, 5.74) is 1.17. The van der Waals surface area contributed by atoms with Crippen LogP contribution in [-0.4, -0.2) is 54.8 Å². The Morgan fingerprint density at radius 2 is 2.10 bits per heavy atom. The maximum Gasteiger partial charge on any atom is 0.0707 e. The molecule has 0 aromatic carbocycles. The highest BCUT2D eigenvalue weighted by Gasteiger charge is 2.28. The summed E-state index contributed by atoms with van der Waals surface area (Å²) >= 11 is 0. The van der Waals surface area contributed by atoms with Gasteiger partial charge in [0.25, 0.3) is 0 Å². The molecular weight excluding hydrogens is 262 g/mol. The molecule has 2 heterocycles. The van der Waals surface area contributed by atoms with E-state index < -0.39 is 0 Å². The molecule has 1 N–H and O–H groups in total. The van der Waals surface area contributed by atoms with E-state index in [4.69, 9.17) is 4.74 Å². The van der Waals surface area contributed by atoms with E-state index >= 15 is 0 Å². The second-order valence-corrected chi connectivity index (χ2v) is 6.47. The maximum atomic E-state index is 6.14. The van der Waals surface area contributed by atoms with Crippen molar-refractivity contribution in [3.05, 3.63) is 30.1 Å². The Balaban J connectivity index is 1.32. The smallest absolute Gasteiger partial charge is 0.0707 e. The van der Waals surface area contributed by atoms with E-state index in [0.717, 1.165) is 32.1 Å². The molecule has 21 heavy (non-hydrogen) atoms. The molecule has 1 aliphatic carbocycles. The lowest BCUT2D eigenvalue weighted by Gasteiger charge is -2.21. The normalized spacial score (nSPS) is 25.6. The summed E-state index contributed by atoms with van der Waals surface area (Å²) in [6.45, 7) is 3.12. The van der Waals surface area contributed by atoms with Crippen LogP contribution >= 0.6 is 0 Å². The molecule has 1 saturated heterocycles. The zero-order valence-electron chi connectivity index (χ0n) is 13.0. The summed E-state index contributed by atoms with van der Waals surface area (Å²) in [6, 6.07) is 6.91. The highest BCUT2D eigenvalue weighted by atomic mass is 16.5. The number of nitrogens with one attached hydrogen (secondary N) is 1. The number of nitrogens with zero attached hydrogens (tertiary/aromatic N) is 2. The molecule has 1 saturated carbocycles. The number of pyridine rings is 1. The van der Waals surface area contributed by atoms with Crippen molar-refractivity contribution < 1.29 is 4.74 Å². The van der Waals surface area contributed by atoms with Gasteiger partial charge in [0.15, 0.2) is 0 Å². The van der Waals surface area contributed by atoms with Gasteiger partial charge >= 0.3 is 0 Å². The number of hydrogen-bond acceptors (Lipinski definition) is 4. The zero-order valence-corrected chi connectivity index (χ0v) is 13.0. The highest BCUT2D eigenvalue weighted by molar-refractivity contribution is 5.03. The number of ether oxygens (including phenoxy) is 1. The Hall–Kier alpha value is -0.970. The van der Waals surface area contributed by atoms with Crippen LogP contribution in [0.5, 0.6) is 0 Å². The van der Waals surface area contributed by atoms with Crippen LogP contribution in [0.1, 0.15) is 31.4 Å². The van der Waals surface area contributed by atoms with Crippen molar-refractivity contribution >= 4 is 0 Å². The minimum Gasteiger partial charge on any atom is -0.372 e. The van der Waals surface area contributed by atoms with E-state index in [1.807, 2.05) is 12.3 Å². The Kier molecular flexibility index (Phi) is 5.22. The van der Waals surface area contributed by atoms with E-state index in [9.17, 15) is 0 Å². The molecule has 2 unspecified atom stereocenters. The van der Waals surface area contributed by atoms with E-state index in [-0.39, 0.29) is 0 Å². The van der Waals surface area contributed by atoms with Crippen LogP contribution in [0.4, 0.5) is 0 Å². The van der Waals surface area contributed by atoms with Crippen LogP contribution in [0.3, 0.4) is 0 Å². The molecule has 2 aliphatic rings. The molecule has 0 radical (unpaired) electrons. The fraction of sp³-hybridized carbons (Fsp3) is 0.706. The van der Waals surface area contributed by atoms with Crippen LogP contribution in [0.15, 0.2) is 24.4 Å². The van der Waals surface area contributed by atoms with Gasteiger partial charge in [-0.1, -0.05) is 6.07 Å². The predicted octanol–water partition coefficient (Wildman–Crippen LogP) is 1.86. The Labute approximate surface area is 127 Å². The number of rotatable bonds is 8. The fourth-order valence-electron chi connectivity index (χ4n) is 2.94. The lowest BCUT2D eigenvalue weighted by Crippen LogP contribution is -2.33. The van der Waals surface area contributed by atoms with Crippen molar-refractivity contribution in [2.75, 3.05) is 26.7 Å². The summed E-state index contributed by atoms with van der Waals surface area (Å²) in [5, 5.41) is 3.57. The second kappa shape index (κ2) is 7.34. The lowest BCUT2D eigenvalue weighted by atomic mass is 10.2. The van der Waals surface area contributed by atoms with Gasteiger partial charge in [0.05, 0.1) is 12.2 Å². The third-order valence-electron chi connectivity index (χ3n) is 4.40. The lowest BCUT2D eigenvalue weighted by molar-refractivity contribution is 0.0279. The summed E-state index contributed by atoms with van der Waals surface area (Å²) in [6.07, 6.45) is 8.83. The summed E-state index contributed by atoms with van der Waals surface area (Å²) in [4.78, 5) is 6.75. The first-order chi connectivity index (χ1) is 10.3. The standard InChI is InChI=1S/C17H27N3O/c1-20(11-9-14-4-2-3-10-18-14)13-17-8-7-16(21-17)12-19-15-5-6-15/h2-4,10,15-17,19H,5-9,11-13H2,1H3. The highest BCUT2D eigenvalue weighted by Crippen LogP contribution is 2.23. The number of hydrogen-bond donors (Lipinski definition) is 1. The van der Waals surface area contributed by atoms with E-state index in [0.29, 0.717) is 12.2 Å². The monoisotopic (exact) mass is 289 g/mol. The summed E-state index contributed by atoms with van der Waals surface area (Å²) < 4.78 is 6.14. The van der Waals surface area contributed by atoms with Crippen LogP contribution in [0.2, 0.25) is 0 Å². The van der Waals surface area contributed by atoms with Crippen molar-refractivity contribution in [1.29, 1.82) is 0 Å². The SMILES string of the molecule is CN(CCc1ccccn1)CC1CCC(CNC2CC2)O1. The molecule has 0 spiro atoms. The zero-order chi connectivity index (χ0) is 14.5. The average Bonchev–Trinajstić information content (AvgIpc) is 3.24. The van der Waals surface area contributed by atoms with Gasteiger partial charge in [0, 0.05) is 44.0 Å². The molecule has 3 rings (SSSR count). The van der Waals surface area contributed by atoms with Gasteiger partial charge < -0.3 is 15.0 Å². The average molecular weight is 289 g/mol. The number of aromatic nitrogens is 1. The van der Waals surface area contributed by atoms with Crippen molar-refractivity contribution in [2.24, 2.45) is 0 Å².